The zero-order valence-electron chi connectivity index (χ0n) is 16.8. The van der Waals surface area contributed by atoms with Crippen molar-refractivity contribution in [2.75, 3.05) is 19.1 Å². The number of halogens is 3. The van der Waals surface area contributed by atoms with Gasteiger partial charge in [0, 0.05) is 30.1 Å². The van der Waals surface area contributed by atoms with E-state index in [1.54, 1.807) is 6.20 Å². The molecule has 0 bridgehead atoms. The number of methoxy groups -OCH3 is 1. The van der Waals surface area contributed by atoms with Gasteiger partial charge >= 0.3 is 5.97 Å². The maximum absolute atomic E-state index is 14.6. The summed E-state index contributed by atoms with van der Waals surface area (Å²) in [6, 6.07) is 7.14. The number of imidazole rings is 1. The summed E-state index contributed by atoms with van der Waals surface area (Å²) in [5.41, 5.74) is 1.43. The largest absolute Gasteiger partial charge is 0.494 e. The number of aromatic carboxylic acids is 1. The highest BCUT2D eigenvalue weighted by Crippen LogP contribution is 2.31. The van der Waals surface area contributed by atoms with Crippen LogP contribution in [0.5, 0.6) is 5.75 Å². The van der Waals surface area contributed by atoms with E-state index in [1.165, 1.54) is 54.2 Å². The predicted octanol–water partition coefficient (Wildman–Crippen LogP) is 4.64. The summed E-state index contributed by atoms with van der Waals surface area (Å²) in [4.78, 5) is 19.8. The summed E-state index contributed by atoms with van der Waals surface area (Å²) in [6.45, 7) is -0.703. The van der Waals surface area contributed by atoms with E-state index < -0.39 is 24.3 Å². The fourth-order valence-electron chi connectivity index (χ4n) is 3.42. The van der Waals surface area contributed by atoms with E-state index in [-0.39, 0.29) is 23.3 Å². The molecule has 0 spiro atoms. The van der Waals surface area contributed by atoms with Crippen LogP contribution in [-0.4, -0.2) is 39.2 Å². The molecule has 7 nitrogen and oxygen atoms in total. The quantitative estimate of drug-likeness (QED) is 0.434. The second-order valence-electron chi connectivity index (χ2n) is 6.80. The molecule has 2 heterocycles. The molecule has 0 aliphatic carbocycles. The molecule has 0 saturated heterocycles. The lowest BCUT2D eigenvalue weighted by atomic mass is 10.0. The van der Waals surface area contributed by atoms with Gasteiger partial charge in [-0.25, -0.2) is 19.2 Å². The second-order valence-corrected chi connectivity index (χ2v) is 6.80. The number of carboxylic acid groups (broad SMARTS) is 1. The summed E-state index contributed by atoms with van der Waals surface area (Å²) < 4.78 is 48.0. The van der Waals surface area contributed by atoms with Crippen molar-refractivity contribution in [1.29, 1.82) is 0 Å². The Morgan fingerprint density at radius 1 is 1.19 bits per heavy atom. The number of carbonyl (C=O) groups is 1. The molecule has 2 aromatic heterocycles. The number of ether oxygens (including phenoxy) is 1. The van der Waals surface area contributed by atoms with Gasteiger partial charge in [-0.3, -0.25) is 8.79 Å². The highest BCUT2D eigenvalue weighted by Gasteiger charge is 2.19. The van der Waals surface area contributed by atoms with Crippen molar-refractivity contribution >= 4 is 23.1 Å². The number of hydrogen-bond acceptors (Lipinski definition) is 5. The maximum Gasteiger partial charge on any atom is 0.335 e. The molecule has 10 heteroatoms. The van der Waals surface area contributed by atoms with E-state index in [1.807, 2.05) is 0 Å². The van der Waals surface area contributed by atoms with Crippen LogP contribution in [0.3, 0.4) is 0 Å². The van der Waals surface area contributed by atoms with Crippen LogP contribution in [-0.2, 0) is 6.42 Å². The summed E-state index contributed by atoms with van der Waals surface area (Å²) in [7, 11) is 1.25. The van der Waals surface area contributed by atoms with Crippen molar-refractivity contribution in [1.82, 2.24) is 14.4 Å². The molecule has 0 aliphatic heterocycles. The minimum atomic E-state index is -1.15. The van der Waals surface area contributed by atoms with Crippen LogP contribution in [0.15, 0.2) is 48.9 Å². The Labute approximate surface area is 180 Å². The lowest BCUT2D eigenvalue weighted by Crippen LogP contribution is -2.05. The Balaban J connectivity index is 1.74. The van der Waals surface area contributed by atoms with Gasteiger partial charge in [0.25, 0.3) is 0 Å². The molecule has 0 saturated carbocycles. The molecule has 0 fully saturated rings. The van der Waals surface area contributed by atoms with Crippen LogP contribution in [0.4, 0.5) is 24.7 Å². The number of hydrogen-bond donors (Lipinski definition) is 2. The molecule has 0 atom stereocenters. The summed E-state index contributed by atoms with van der Waals surface area (Å²) >= 11 is 0. The normalized spacial score (nSPS) is 11.0. The molecule has 164 valence electrons. The predicted molar refractivity (Wildman–Crippen MR) is 111 cm³/mol. The third kappa shape index (κ3) is 3.70. The van der Waals surface area contributed by atoms with Crippen LogP contribution < -0.4 is 10.1 Å². The minimum absolute atomic E-state index is 0.0102. The Kier molecular flexibility index (Phi) is 5.67. The number of nitrogens with zero attached hydrogens (tertiary/aromatic N) is 3. The average Bonchev–Trinajstić information content (AvgIpc) is 3.21. The molecule has 0 radical (unpaired) electrons. The lowest BCUT2D eigenvalue weighted by molar-refractivity contribution is 0.0695. The molecule has 2 aromatic carbocycles. The van der Waals surface area contributed by atoms with Crippen molar-refractivity contribution in [3.63, 3.8) is 0 Å². The zero-order valence-corrected chi connectivity index (χ0v) is 16.8. The fourth-order valence-corrected chi connectivity index (χ4v) is 3.42. The first-order chi connectivity index (χ1) is 15.4. The SMILES string of the molecule is COc1ccc(-c2cnc3c(Nc4ccc(C(=O)O)c(CCF)c4)nccn23)c(F)c1F. The number of aryl methyl sites for hydroxylation is 1. The Bertz CT molecular complexity index is 1320. The highest BCUT2D eigenvalue weighted by molar-refractivity contribution is 5.90. The molecule has 4 aromatic rings. The smallest absolute Gasteiger partial charge is 0.335 e. The first-order valence-electron chi connectivity index (χ1n) is 9.48. The first kappa shape index (κ1) is 21.2. The van der Waals surface area contributed by atoms with Crippen molar-refractivity contribution in [2.24, 2.45) is 0 Å². The standard InChI is InChI=1S/C22H17F3N4O3/c1-32-17-5-4-15(18(24)19(17)25)16-11-27-21-20(26-8-9-29(16)21)28-13-2-3-14(22(30)31)12(10-13)6-7-23/h2-5,8-11H,6-7H2,1H3,(H,26,28)(H,30,31). The van der Waals surface area contributed by atoms with Gasteiger partial charge < -0.3 is 15.2 Å². The summed E-state index contributed by atoms with van der Waals surface area (Å²) in [5.74, 6) is -3.24. The van der Waals surface area contributed by atoms with Crippen LogP contribution in [0.25, 0.3) is 16.9 Å². The number of anilines is 2. The van der Waals surface area contributed by atoms with Gasteiger partial charge in [-0.2, -0.15) is 4.39 Å². The molecule has 2 N–H and O–H groups in total. The minimum Gasteiger partial charge on any atom is -0.494 e. The van der Waals surface area contributed by atoms with E-state index in [0.717, 1.165) is 0 Å². The van der Waals surface area contributed by atoms with E-state index in [2.05, 4.69) is 15.3 Å². The highest BCUT2D eigenvalue weighted by atomic mass is 19.2. The maximum atomic E-state index is 14.6. The van der Waals surface area contributed by atoms with Gasteiger partial charge in [0.2, 0.25) is 5.82 Å². The second kappa shape index (κ2) is 8.58. The number of benzene rings is 2. The van der Waals surface area contributed by atoms with Crippen LogP contribution in [0.2, 0.25) is 0 Å². The Hall–Kier alpha value is -4.08. The number of fused-ring (bicyclic) bond motifs is 1. The van der Waals surface area contributed by atoms with Gasteiger partial charge in [0.05, 0.1) is 31.2 Å². The number of nitrogens with one attached hydrogen (secondary N) is 1. The van der Waals surface area contributed by atoms with Gasteiger partial charge in [-0.05, 0) is 35.9 Å². The molecule has 32 heavy (non-hydrogen) atoms. The van der Waals surface area contributed by atoms with Crippen molar-refractivity contribution < 1.29 is 27.8 Å². The van der Waals surface area contributed by atoms with Crippen molar-refractivity contribution in [3.8, 4) is 17.0 Å². The number of carboxylic acids is 1. The molecule has 0 amide bonds. The monoisotopic (exact) mass is 442 g/mol. The third-order valence-corrected chi connectivity index (χ3v) is 4.93. The van der Waals surface area contributed by atoms with Gasteiger partial charge in [-0.15, -0.1) is 0 Å². The van der Waals surface area contributed by atoms with Crippen molar-refractivity contribution in [2.45, 2.75) is 6.42 Å². The molecule has 0 unspecified atom stereocenters. The first-order valence-corrected chi connectivity index (χ1v) is 9.48. The number of rotatable bonds is 7. The van der Waals surface area contributed by atoms with Gasteiger partial charge in [-0.1, -0.05) is 0 Å². The average molecular weight is 442 g/mol. The van der Waals surface area contributed by atoms with Crippen molar-refractivity contribution in [3.05, 3.63) is 71.7 Å². The van der Waals surface area contributed by atoms with Crippen LogP contribution in [0, 0.1) is 11.6 Å². The third-order valence-electron chi connectivity index (χ3n) is 4.93. The Morgan fingerprint density at radius 2 is 2.00 bits per heavy atom. The zero-order chi connectivity index (χ0) is 22.8. The fraction of sp³-hybridized carbons (Fsp3) is 0.136. The van der Waals surface area contributed by atoms with E-state index in [4.69, 9.17) is 4.74 Å². The number of aromatic nitrogens is 3. The Morgan fingerprint density at radius 3 is 2.72 bits per heavy atom. The molecule has 0 aliphatic rings. The topological polar surface area (TPSA) is 88.8 Å². The number of alkyl halides is 1. The lowest BCUT2D eigenvalue weighted by Gasteiger charge is -2.11. The molecular formula is C22H17F3N4O3. The van der Waals surface area contributed by atoms with E-state index in [9.17, 15) is 23.1 Å². The van der Waals surface area contributed by atoms with Gasteiger partial charge in [0.1, 0.15) is 0 Å². The summed E-state index contributed by atoms with van der Waals surface area (Å²) in [5, 5.41) is 12.3. The molecular weight excluding hydrogens is 425 g/mol. The molecule has 4 rings (SSSR count). The van der Waals surface area contributed by atoms with Crippen LogP contribution >= 0.6 is 0 Å². The van der Waals surface area contributed by atoms with Gasteiger partial charge in [0.15, 0.2) is 23.0 Å². The van der Waals surface area contributed by atoms with Crippen LogP contribution in [0.1, 0.15) is 15.9 Å². The van der Waals surface area contributed by atoms with E-state index in [0.29, 0.717) is 28.4 Å². The van der Waals surface area contributed by atoms with E-state index >= 15 is 0 Å². The summed E-state index contributed by atoms with van der Waals surface area (Å²) in [6.07, 6.45) is 4.33.